The summed E-state index contributed by atoms with van der Waals surface area (Å²) in [6.07, 6.45) is 0.853. The van der Waals surface area contributed by atoms with E-state index < -0.39 is 11.7 Å². The first-order chi connectivity index (χ1) is 14.0. The van der Waals surface area contributed by atoms with Crippen LogP contribution in [0.5, 0.6) is 0 Å². The minimum absolute atomic E-state index is 0.0681. The van der Waals surface area contributed by atoms with Gasteiger partial charge in [-0.15, -0.1) is 0 Å². The number of amides is 2. The van der Waals surface area contributed by atoms with Gasteiger partial charge in [0.15, 0.2) is 0 Å². The summed E-state index contributed by atoms with van der Waals surface area (Å²) in [5.41, 5.74) is 3.41. The van der Waals surface area contributed by atoms with Crippen molar-refractivity contribution in [2.24, 2.45) is 0 Å². The van der Waals surface area contributed by atoms with Crippen molar-refractivity contribution in [2.75, 3.05) is 38.0 Å². The van der Waals surface area contributed by atoms with E-state index in [1.807, 2.05) is 48.2 Å². The van der Waals surface area contributed by atoms with E-state index in [2.05, 4.69) is 12.2 Å². The van der Waals surface area contributed by atoms with E-state index in [1.165, 1.54) is 0 Å². The summed E-state index contributed by atoms with van der Waals surface area (Å²) in [6, 6.07) is 14.8. The van der Waals surface area contributed by atoms with Gasteiger partial charge in [0.1, 0.15) is 0 Å². The van der Waals surface area contributed by atoms with Crippen molar-refractivity contribution >= 4 is 23.3 Å². The summed E-state index contributed by atoms with van der Waals surface area (Å²) in [7, 11) is 0. The first-order valence-corrected chi connectivity index (χ1v) is 9.98. The number of nitrogens with zero attached hydrogens (tertiary/aromatic N) is 2. The van der Waals surface area contributed by atoms with E-state index in [9.17, 15) is 14.4 Å². The van der Waals surface area contributed by atoms with Gasteiger partial charge in [-0.3, -0.25) is 19.3 Å². The standard InChI is InChI=1S/C23H27N3O3/c1-3-18-6-4-5-7-20(18)24-21(27)16-25-12-14-26(15-13-25)23(29)22(28)19-10-8-17(2)9-11-19/h4-11H,3,12-16H2,1-2H3,(H,24,27). The smallest absolute Gasteiger partial charge is 0.295 e. The lowest BCUT2D eigenvalue weighted by Crippen LogP contribution is -2.52. The molecule has 2 aromatic carbocycles. The van der Waals surface area contributed by atoms with Crippen LogP contribution in [-0.2, 0) is 16.0 Å². The highest BCUT2D eigenvalue weighted by atomic mass is 16.2. The Morgan fingerprint density at radius 1 is 0.931 bits per heavy atom. The molecule has 6 heteroatoms. The molecule has 0 atom stereocenters. The monoisotopic (exact) mass is 393 g/mol. The largest absolute Gasteiger partial charge is 0.333 e. The zero-order valence-electron chi connectivity index (χ0n) is 17.0. The highest BCUT2D eigenvalue weighted by Gasteiger charge is 2.27. The van der Waals surface area contributed by atoms with Gasteiger partial charge in [0.2, 0.25) is 11.7 Å². The number of nitrogens with one attached hydrogen (secondary N) is 1. The lowest BCUT2D eigenvalue weighted by molar-refractivity contribution is -0.128. The molecule has 0 spiro atoms. The van der Waals surface area contributed by atoms with E-state index >= 15 is 0 Å². The zero-order valence-corrected chi connectivity index (χ0v) is 17.0. The van der Waals surface area contributed by atoms with E-state index in [-0.39, 0.29) is 12.5 Å². The van der Waals surface area contributed by atoms with Crippen molar-refractivity contribution in [3.05, 3.63) is 65.2 Å². The third-order valence-electron chi connectivity index (χ3n) is 5.21. The maximum Gasteiger partial charge on any atom is 0.295 e. The van der Waals surface area contributed by atoms with Crippen LogP contribution < -0.4 is 5.32 Å². The topological polar surface area (TPSA) is 69.7 Å². The third-order valence-corrected chi connectivity index (χ3v) is 5.21. The van der Waals surface area contributed by atoms with Crippen LogP contribution >= 0.6 is 0 Å². The molecule has 2 amide bonds. The predicted molar refractivity (Wildman–Crippen MR) is 113 cm³/mol. The van der Waals surface area contributed by atoms with Crippen molar-refractivity contribution in [3.8, 4) is 0 Å². The number of piperazine rings is 1. The van der Waals surface area contributed by atoms with Gasteiger partial charge in [-0.1, -0.05) is 55.0 Å². The number of para-hydroxylation sites is 1. The molecule has 1 fully saturated rings. The molecule has 2 aromatic rings. The fraction of sp³-hybridized carbons (Fsp3) is 0.348. The molecule has 6 nitrogen and oxygen atoms in total. The van der Waals surface area contributed by atoms with Gasteiger partial charge in [0.05, 0.1) is 6.54 Å². The molecule has 0 unspecified atom stereocenters. The van der Waals surface area contributed by atoms with Crippen LogP contribution in [0.3, 0.4) is 0 Å². The summed E-state index contributed by atoms with van der Waals surface area (Å²) in [6.45, 7) is 6.27. The Bertz CT molecular complexity index is 884. The number of ketones is 1. The second-order valence-corrected chi connectivity index (χ2v) is 7.32. The SMILES string of the molecule is CCc1ccccc1NC(=O)CN1CCN(C(=O)C(=O)c2ccc(C)cc2)CC1. The zero-order chi connectivity index (χ0) is 20.8. The highest BCUT2D eigenvalue weighted by molar-refractivity contribution is 6.42. The number of hydrogen-bond acceptors (Lipinski definition) is 4. The first-order valence-electron chi connectivity index (χ1n) is 9.98. The normalized spacial score (nSPS) is 14.5. The van der Waals surface area contributed by atoms with Crippen LogP contribution in [0.1, 0.15) is 28.4 Å². The van der Waals surface area contributed by atoms with E-state index in [0.29, 0.717) is 31.7 Å². The molecule has 152 valence electrons. The molecule has 3 rings (SSSR count). The van der Waals surface area contributed by atoms with Crippen LogP contribution in [0.15, 0.2) is 48.5 Å². The minimum atomic E-state index is -0.479. The van der Waals surface area contributed by atoms with Crippen LogP contribution in [0.2, 0.25) is 0 Å². The molecule has 0 bridgehead atoms. The van der Waals surface area contributed by atoms with Gasteiger partial charge in [-0.2, -0.15) is 0 Å². The Labute approximate surface area is 171 Å². The molecule has 0 aromatic heterocycles. The predicted octanol–water partition coefficient (Wildman–Crippen LogP) is 2.52. The van der Waals surface area contributed by atoms with Gasteiger partial charge in [0.25, 0.3) is 5.91 Å². The van der Waals surface area contributed by atoms with E-state index in [0.717, 1.165) is 23.2 Å². The fourth-order valence-electron chi connectivity index (χ4n) is 3.42. The Balaban J connectivity index is 1.49. The molecule has 0 radical (unpaired) electrons. The number of Topliss-reactive ketones (excluding diaryl/α,β-unsaturated/α-hetero) is 1. The quantitative estimate of drug-likeness (QED) is 0.605. The maximum absolute atomic E-state index is 12.5. The molecule has 1 heterocycles. The lowest BCUT2D eigenvalue weighted by Gasteiger charge is -2.34. The van der Waals surface area contributed by atoms with E-state index in [1.54, 1.807) is 17.0 Å². The number of carbonyl (C=O) groups is 3. The van der Waals surface area contributed by atoms with Gasteiger partial charge >= 0.3 is 0 Å². The van der Waals surface area contributed by atoms with Crippen LogP contribution in [0.25, 0.3) is 0 Å². The lowest BCUT2D eigenvalue weighted by atomic mass is 10.1. The Kier molecular flexibility index (Phi) is 6.77. The minimum Gasteiger partial charge on any atom is -0.333 e. The van der Waals surface area contributed by atoms with Crippen molar-refractivity contribution in [1.29, 1.82) is 0 Å². The molecule has 1 aliphatic heterocycles. The molecular weight excluding hydrogens is 366 g/mol. The summed E-state index contributed by atoms with van der Waals surface area (Å²) < 4.78 is 0. The number of rotatable bonds is 6. The van der Waals surface area contributed by atoms with Crippen LogP contribution in [-0.4, -0.2) is 60.1 Å². The van der Waals surface area contributed by atoms with Gasteiger partial charge in [-0.05, 0) is 25.0 Å². The number of anilines is 1. The third kappa shape index (κ3) is 5.29. The Morgan fingerprint density at radius 3 is 2.24 bits per heavy atom. The second-order valence-electron chi connectivity index (χ2n) is 7.32. The summed E-state index contributed by atoms with van der Waals surface area (Å²) in [4.78, 5) is 40.9. The molecule has 0 aliphatic carbocycles. The van der Waals surface area contributed by atoms with Crippen molar-refractivity contribution in [3.63, 3.8) is 0 Å². The van der Waals surface area contributed by atoms with Crippen molar-refractivity contribution in [2.45, 2.75) is 20.3 Å². The summed E-state index contributed by atoms with van der Waals surface area (Å²) in [5, 5.41) is 2.97. The molecule has 1 aliphatic rings. The van der Waals surface area contributed by atoms with E-state index in [4.69, 9.17) is 0 Å². The fourth-order valence-corrected chi connectivity index (χ4v) is 3.42. The maximum atomic E-state index is 12.5. The average Bonchev–Trinajstić information content (AvgIpc) is 2.74. The summed E-state index contributed by atoms with van der Waals surface area (Å²) >= 11 is 0. The number of hydrogen-bond donors (Lipinski definition) is 1. The van der Waals surface area contributed by atoms with Gasteiger partial charge < -0.3 is 10.2 Å². The van der Waals surface area contributed by atoms with Crippen LogP contribution in [0.4, 0.5) is 5.69 Å². The van der Waals surface area contributed by atoms with Crippen molar-refractivity contribution in [1.82, 2.24) is 9.80 Å². The first kappa shape index (κ1) is 20.7. The van der Waals surface area contributed by atoms with Gasteiger partial charge in [-0.25, -0.2) is 0 Å². The molecule has 1 N–H and O–H groups in total. The highest BCUT2D eigenvalue weighted by Crippen LogP contribution is 2.15. The Hall–Kier alpha value is -2.99. The molecule has 1 saturated heterocycles. The second kappa shape index (κ2) is 9.47. The summed E-state index contributed by atoms with van der Waals surface area (Å²) in [5.74, 6) is -1.02. The molecule has 29 heavy (non-hydrogen) atoms. The number of carbonyl (C=O) groups excluding carboxylic acids is 3. The van der Waals surface area contributed by atoms with Gasteiger partial charge in [0, 0.05) is 37.4 Å². The molecule has 0 saturated carbocycles. The Morgan fingerprint density at radius 2 is 1.59 bits per heavy atom. The average molecular weight is 393 g/mol. The number of aryl methyl sites for hydroxylation is 2. The van der Waals surface area contributed by atoms with Crippen molar-refractivity contribution < 1.29 is 14.4 Å². The number of benzene rings is 2. The van der Waals surface area contributed by atoms with Crippen LogP contribution in [0, 0.1) is 6.92 Å². The molecular formula is C23H27N3O3.